The van der Waals surface area contributed by atoms with Crippen LogP contribution in [0.15, 0.2) is 54.6 Å². The van der Waals surface area contributed by atoms with Gasteiger partial charge in [-0.25, -0.2) is 14.8 Å². The summed E-state index contributed by atoms with van der Waals surface area (Å²) in [7, 11) is 2.98. The van der Waals surface area contributed by atoms with Crippen molar-refractivity contribution in [1.82, 2.24) is 9.97 Å². The van der Waals surface area contributed by atoms with Gasteiger partial charge in [0.1, 0.15) is 23.2 Å². The van der Waals surface area contributed by atoms with E-state index in [-0.39, 0.29) is 5.97 Å². The molecule has 138 valence electrons. The van der Waals surface area contributed by atoms with Gasteiger partial charge < -0.3 is 20.1 Å². The molecule has 27 heavy (non-hydrogen) atoms. The van der Waals surface area contributed by atoms with Crippen molar-refractivity contribution in [1.29, 1.82) is 0 Å². The lowest BCUT2D eigenvalue weighted by atomic mass is 10.2. The second kappa shape index (κ2) is 8.18. The Bertz CT molecular complexity index is 942. The highest BCUT2D eigenvalue weighted by molar-refractivity contribution is 5.89. The molecule has 2 N–H and O–H groups in total. The van der Waals surface area contributed by atoms with Crippen LogP contribution in [0, 0.1) is 6.92 Å². The molecule has 0 aliphatic rings. The summed E-state index contributed by atoms with van der Waals surface area (Å²) in [6.45, 7) is 1.82. The lowest BCUT2D eigenvalue weighted by Gasteiger charge is -2.12. The highest BCUT2D eigenvalue weighted by atomic mass is 16.5. The van der Waals surface area contributed by atoms with E-state index in [4.69, 9.17) is 9.47 Å². The first-order chi connectivity index (χ1) is 13.1. The number of carbonyl (C=O) groups is 1. The molecule has 7 heteroatoms. The van der Waals surface area contributed by atoms with Gasteiger partial charge in [-0.1, -0.05) is 12.1 Å². The molecule has 0 unspecified atom stereocenters. The lowest BCUT2D eigenvalue weighted by molar-refractivity contribution is 0.0601. The van der Waals surface area contributed by atoms with Crippen LogP contribution in [0.1, 0.15) is 16.2 Å². The zero-order chi connectivity index (χ0) is 19.2. The molecule has 1 heterocycles. The number of nitrogens with zero attached hydrogens (tertiary/aromatic N) is 2. The van der Waals surface area contributed by atoms with Crippen molar-refractivity contribution in [2.24, 2.45) is 0 Å². The molecule has 0 bridgehead atoms. The molecule has 0 atom stereocenters. The Morgan fingerprint density at radius 1 is 0.926 bits per heavy atom. The first kappa shape index (κ1) is 18.2. The van der Waals surface area contributed by atoms with Crippen LogP contribution in [0.5, 0.6) is 5.75 Å². The Kier molecular flexibility index (Phi) is 5.51. The number of aromatic nitrogens is 2. The Morgan fingerprint density at radius 3 is 2.26 bits per heavy atom. The summed E-state index contributed by atoms with van der Waals surface area (Å²) in [6, 6.07) is 16.4. The summed E-state index contributed by atoms with van der Waals surface area (Å²) in [6.07, 6.45) is 0. The van der Waals surface area contributed by atoms with E-state index in [1.807, 2.05) is 31.2 Å². The van der Waals surface area contributed by atoms with Gasteiger partial charge in [-0.2, -0.15) is 0 Å². The van der Waals surface area contributed by atoms with E-state index in [0.29, 0.717) is 23.0 Å². The maximum absolute atomic E-state index is 11.5. The number of hydrogen-bond donors (Lipinski definition) is 2. The number of benzene rings is 2. The fraction of sp³-hybridized carbons (Fsp3) is 0.150. The molecule has 0 spiro atoms. The quantitative estimate of drug-likeness (QED) is 0.638. The number of nitrogens with one attached hydrogen (secondary N) is 2. The number of esters is 1. The Hall–Kier alpha value is -3.61. The van der Waals surface area contributed by atoms with Crippen LogP contribution in [-0.2, 0) is 4.74 Å². The maximum Gasteiger partial charge on any atom is 0.337 e. The van der Waals surface area contributed by atoms with Gasteiger partial charge in [0.25, 0.3) is 0 Å². The third-order valence-corrected chi connectivity index (χ3v) is 3.79. The maximum atomic E-state index is 11.5. The molecule has 0 amide bonds. The average Bonchev–Trinajstić information content (AvgIpc) is 2.68. The molecule has 0 saturated heterocycles. The van der Waals surface area contributed by atoms with Crippen LogP contribution in [-0.4, -0.2) is 30.2 Å². The summed E-state index contributed by atoms with van der Waals surface area (Å²) >= 11 is 0. The van der Waals surface area contributed by atoms with Crippen LogP contribution in [0.25, 0.3) is 0 Å². The zero-order valence-electron chi connectivity index (χ0n) is 15.3. The van der Waals surface area contributed by atoms with Crippen molar-refractivity contribution in [3.8, 4) is 5.75 Å². The van der Waals surface area contributed by atoms with E-state index >= 15 is 0 Å². The molecule has 3 aromatic rings. The van der Waals surface area contributed by atoms with Gasteiger partial charge in [-0.05, 0) is 43.3 Å². The van der Waals surface area contributed by atoms with Crippen LogP contribution < -0.4 is 15.4 Å². The molecular formula is C20H20N4O3. The largest absolute Gasteiger partial charge is 0.495 e. The smallest absolute Gasteiger partial charge is 0.337 e. The van der Waals surface area contributed by atoms with Gasteiger partial charge in [-0.3, -0.25) is 0 Å². The Balaban J connectivity index is 1.80. The van der Waals surface area contributed by atoms with Gasteiger partial charge in [0, 0.05) is 11.8 Å². The minimum absolute atomic E-state index is 0.372. The van der Waals surface area contributed by atoms with Crippen molar-refractivity contribution < 1.29 is 14.3 Å². The van der Waals surface area contributed by atoms with Gasteiger partial charge in [0.05, 0.1) is 25.5 Å². The summed E-state index contributed by atoms with van der Waals surface area (Å²) in [4.78, 5) is 20.3. The number of ether oxygens (including phenoxy) is 2. The fourth-order valence-electron chi connectivity index (χ4n) is 2.54. The zero-order valence-corrected chi connectivity index (χ0v) is 15.3. The molecule has 0 radical (unpaired) electrons. The van der Waals surface area contributed by atoms with Gasteiger partial charge >= 0.3 is 5.97 Å². The predicted molar refractivity (Wildman–Crippen MR) is 104 cm³/mol. The highest BCUT2D eigenvalue weighted by Gasteiger charge is 2.08. The number of rotatable bonds is 6. The standard InChI is InChI=1S/C20H20N4O3/c1-13-21-18(23-15-10-8-14(9-11-15)20(25)27-3)12-19(22-13)24-16-6-4-5-7-17(16)26-2/h4-12H,1-3H3,(H2,21,22,23,24). The monoisotopic (exact) mass is 364 g/mol. The van der Waals surface area contributed by atoms with Crippen LogP contribution >= 0.6 is 0 Å². The Labute approximate surface area is 157 Å². The first-order valence-electron chi connectivity index (χ1n) is 8.30. The van der Waals surface area contributed by atoms with Gasteiger partial charge in [0.15, 0.2) is 0 Å². The first-order valence-corrected chi connectivity index (χ1v) is 8.30. The van der Waals surface area contributed by atoms with Gasteiger partial charge in [0.2, 0.25) is 0 Å². The molecular weight excluding hydrogens is 344 g/mol. The number of para-hydroxylation sites is 2. The number of hydrogen-bond acceptors (Lipinski definition) is 7. The second-order valence-electron chi connectivity index (χ2n) is 5.70. The normalized spacial score (nSPS) is 10.2. The minimum Gasteiger partial charge on any atom is -0.495 e. The Morgan fingerprint density at radius 2 is 1.59 bits per heavy atom. The summed E-state index contributed by atoms with van der Waals surface area (Å²) < 4.78 is 10.1. The molecule has 2 aromatic carbocycles. The molecule has 0 aliphatic heterocycles. The van der Waals surface area contributed by atoms with Crippen molar-refractivity contribution >= 4 is 29.0 Å². The SMILES string of the molecule is COC(=O)c1ccc(Nc2cc(Nc3ccccc3OC)nc(C)n2)cc1. The molecule has 0 fully saturated rings. The van der Waals surface area contributed by atoms with Crippen LogP contribution in [0.4, 0.5) is 23.0 Å². The molecule has 0 aliphatic carbocycles. The number of anilines is 4. The van der Waals surface area contributed by atoms with Crippen LogP contribution in [0.3, 0.4) is 0 Å². The van der Waals surface area contributed by atoms with Crippen molar-refractivity contribution in [2.75, 3.05) is 24.9 Å². The summed E-state index contributed by atoms with van der Waals surface area (Å²) in [5.41, 5.74) is 2.09. The van der Waals surface area contributed by atoms with Crippen molar-refractivity contribution in [3.05, 3.63) is 66.0 Å². The van der Waals surface area contributed by atoms with Crippen molar-refractivity contribution in [3.63, 3.8) is 0 Å². The highest BCUT2D eigenvalue weighted by Crippen LogP contribution is 2.27. The fourth-order valence-corrected chi connectivity index (χ4v) is 2.54. The average molecular weight is 364 g/mol. The van der Waals surface area contributed by atoms with E-state index in [1.165, 1.54) is 7.11 Å². The van der Waals surface area contributed by atoms with E-state index in [2.05, 4.69) is 20.6 Å². The van der Waals surface area contributed by atoms with Gasteiger partial charge in [-0.15, -0.1) is 0 Å². The minimum atomic E-state index is -0.372. The molecule has 7 nitrogen and oxygen atoms in total. The van der Waals surface area contributed by atoms with E-state index in [1.54, 1.807) is 37.4 Å². The topological polar surface area (TPSA) is 85.4 Å². The van der Waals surface area contributed by atoms with E-state index in [9.17, 15) is 4.79 Å². The predicted octanol–water partition coefficient (Wildman–Crippen LogP) is 4.07. The number of methoxy groups -OCH3 is 2. The number of carbonyl (C=O) groups excluding carboxylic acids is 1. The molecule has 3 rings (SSSR count). The summed E-state index contributed by atoms with van der Waals surface area (Å²) in [5.74, 6) is 2.24. The third kappa shape index (κ3) is 4.52. The molecule has 1 aromatic heterocycles. The third-order valence-electron chi connectivity index (χ3n) is 3.79. The summed E-state index contributed by atoms with van der Waals surface area (Å²) in [5, 5.41) is 6.45. The van der Waals surface area contributed by atoms with E-state index < -0.39 is 0 Å². The number of aryl methyl sites for hydroxylation is 1. The van der Waals surface area contributed by atoms with Crippen LogP contribution in [0.2, 0.25) is 0 Å². The van der Waals surface area contributed by atoms with E-state index in [0.717, 1.165) is 17.1 Å². The second-order valence-corrected chi connectivity index (χ2v) is 5.70. The molecule has 0 saturated carbocycles. The lowest BCUT2D eigenvalue weighted by Crippen LogP contribution is -2.03. The van der Waals surface area contributed by atoms with Crippen molar-refractivity contribution in [2.45, 2.75) is 6.92 Å².